The van der Waals surface area contributed by atoms with Crippen LogP contribution in [0.25, 0.3) is 0 Å². The Labute approximate surface area is 122 Å². The number of aromatic nitrogens is 1. The highest BCUT2D eigenvalue weighted by atomic mass is 32.1. The van der Waals surface area contributed by atoms with Crippen LogP contribution in [0.3, 0.4) is 0 Å². The van der Waals surface area contributed by atoms with E-state index in [0.717, 1.165) is 17.0 Å². The number of ether oxygens (including phenoxy) is 1. The number of hydrogen-bond donors (Lipinski definition) is 2. The van der Waals surface area contributed by atoms with Gasteiger partial charge in [0.2, 0.25) is 0 Å². The molecule has 1 heterocycles. The zero-order valence-electron chi connectivity index (χ0n) is 10.9. The third kappa shape index (κ3) is 4.33. The Hall–Kier alpha value is -2.47. The SMILES string of the molecule is COc1ccc(NC(=S)N/N=C/c2cccnc2)cc1. The fourth-order valence-electron chi connectivity index (χ4n) is 1.45. The molecule has 0 aliphatic carbocycles. The maximum absolute atomic E-state index is 5.13. The summed E-state index contributed by atoms with van der Waals surface area (Å²) in [5, 5.41) is 7.46. The van der Waals surface area contributed by atoms with Gasteiger partial charge in [-0.05, 0) is 42.5 Å². The van der Waals surface area contributed by atoms with Gasteiger partial charge in [-0.3, -0.25) is 10.4 Å². The molecular formula is C14H14N4OS. The van der Waals surface area contributed by atoms with E-state index in [1.54, 1.807) is 25.7 Å². The van der Waals surface area contributed by atoms with Gasteiger partial charge >= 0.3 is 0 Å². The summed E-state index contributed by atoms with van der Waals surface area (Å²) < 4.78 is 5.08. The van der Waals surface area contributed by atoms with E-state index >= 15 is 0 Å². The molecule has 0 aliphatic rings. The molecule has 20 heavy (non-hydrogen) atoms. The molecule has 5 nitrogen and oxygen atoms in total. The molecule has 0 saturated heterocycles. The number of thiocarbonyl (C=S) groups is 1. The maximum Gasteiger partial charge on any atom is 0.191 e. The Balaban J connectivity index is 1.84. The first-order chi connectivity index (χ1) is 9.78. The standard InChI is InChI=1S/C14H14N4OS/c1-19-13-6-4-12(5-7-13)17-14(20)18-16-10-11-3-2-8-15-9-11/h2-10H,1H3,(H2,17,18,20)/b16-10+. The highest BCUT2D eigenvalue weighted by Crippen LogP contribution is 2.14. The van der Waals surface area contributed by atoms with Crippen molar-refractivity contribution in [3.05, 3.63) is 54.4 Å². The first kappa shape index (κ1) is 14.0. The van der Waals surface area contributed by atoms with Crippen molar-refractivity contribution in [1.29, 1.82) is 0 Å². The third-order valence-electron chi connectivity index (χ3n) is 2.41. The topological polar surface area (TPSA) is 58.5 Å². The van der Waals surface area contributed by atoms with Gasteiger partial charge in [-0.2, -0.15) is 5.10 Å². The summed E-state index contributed by atoms with van der Waals surface area (Å²) in [7, 11) is 1.63. The zero-order valence-corrected chi connectivity index (χ0v) is 11.7. The van der Waals surface area contributed by atoms with Crippen LogP contribution in [0.15, 0.2) is 53.9 Å². The highest BCUT2D eigenvalue weighted by Gasteiger charge is 1.96. The molecule has 0 fully saturated rings. The summed E-state index contributed by atoms with van der Waals surface area (Å²) in [4.78, 5) is 3.99. The average Bonchev–Trinajstić information content (AvgIpc) is 2.49. The summed E-state index contributed by atoms with van der Waals surface area (Å²) in [5.74, 6) is 0.795. The Bertz CT molecular complexity index is 584. The zero-order chi connectivity index (χ0) is 14.2. The van der Waals surface area contributed by atoms with Crippen LogP contribution >= 0.6 is 12.2 Å². The van der Waals surface area contributed by atoms with Crippen molar-refractivity contribution in [1.82, 2.24) is 10.4 Å². The molecular weight excluding hydrogens is 272 g/mol. The number of anilines is 1. The minimum Gasteiger partial charge on any atom is -0.497 e. The Morgan fingerprint density at radius 2 is 2.10 bits per heavy atom. The van der Waals surface area contributed by atoms with E-state index in [1.807, 2.05) is 36.4 Å². The lowest BCUT2D eigenvalue weighted by Gasteiger charge is -2.07. The molecule has 2 N–H and O–H groups in total. The molecule has 2 aromatic rings. The van der Waals surface area contributed by atoms with Crippen LogP contribution in [0.1, 0.15) is 5.56 Å². The molecule has 102 valence electrons. The highest BCUT2D eigenvalue weighted by molar-refractivity contribution is 7.80. The Kier molecular flexibility index (Phi) is 5.02. The molecule has 0 bridgehead atoms. The van der Waals surface area contributed by atoms with Crippen molar-refractivity contribution >= 4 is 29.2 Å². The number of nitrogens with one attached hydrogen (secondary N) is 2. The van der Waals surface area contributed by atoms with Crippen LogP contribution in [0.4, 0.5) is 5.69 Å². The number of nitrogens with zero attached hydrogens (tertiary/aromatic N) is 2. The second kappa shape index (κ2) is 7.20. The van der Waals surface area contributed by atoms with Crippen LogP contribution in [0.5, 0.6) is 5.75 Å². The van der Waals surface area contributed by atoms with Gasteiger partial charge in [-0.15, -0.1) is 0 Å². The molecule has 6 heteroatoms. The van der Waals surface area contributed by atoms with Crippen LogP contribution in [-0.2, 0) is 0 Å². The molecule has 2 rings (SSSR count). The van der Waals surface area contributed by atoms with E-state index in [9.17, 15) is 0 Å². The lowest BCUT2D eigenvalue weighted by molar-refractivity contribution is 0.415. The number of methoxy groups -OCH3 is 1. The quantitative estimate of drug-likeness (QED) is 0.513. The van der Waals surface area contributed by atoms with Gasteiger partial charge in [0.15, 0.2) is 5.11 Å². The van der Waals surface area contributed by atoms with Gasteiger partial charge in [-0.1, -0.05) is 6.07 Å². The number of benzene rings is 1. The first-order valence-corrected chi connectivity index (χ1v) is 6.33. The summed E-state index contributed by atoms with van der Waals surface area (Å²) >= 11 is 5.13. The number of hydrazone groups is 1. The predicted molar refractivity (Wildman–Crippen MR) is 84.2 cm³/mol. The van der Waals surface area contributed by atoms with E-state index in [0.29, 0.717) is 5.11 Å². The minimum absolute atomic E-state index is 0.412. The first-order valence-electron chi connectivity index (χ1n) is 5.92. The Morgan fingerprint density at radius 3 is 2.75 bits per heavy atom. The van der Waals surface area contributed by atoms with Crippen molar-refractivity contribution in [2.24, 2.45) is 5.10 Å². The lowest BCUT2D eigenvalue weighted by Crippen LogP contribution is -2.23. The monoisotopic (exact) mass is 286 g/mol. The molecule has 0 amide bonds. The minimum atomic E-state index is 0.412. The van der Waals surface area contributed by atoms with Crippen molar-refractivity contribution in [2.75, 3.05) is 12.4 Å². The fourth-order valence-corrected chi connectivity index (χ4v) is 1.62. The fraction of sp³-hybridized carbons (Fsp3) is 0.0714. The molecule has 0 aliphatic heterocycles. The number of rotatable bonds is 4. The summed E-state index contributed by atoms with van der Waals surface area (Å²) in [6.45, 7) is 0. The van der Waals surface area contributed by atoms with Gasteiger partial charge in [-0.25, -0.2) is 0 Å². The van der Waals surface area contributed by atoms with E-state index in [-0.39, 0.29) is 0 Å². The molecule has 0 atom stereocenters. The van der Waals surface area contributed by atoms with Crippen LogP contribution in [0, 0.1) is 0 Å². The average molecular weight is 286 g/mol. The smallest absolute Gasteiger partial charge is 0.191 e. The van der Waals surface area contributed by atoms with Crippen molar-refractivity contribution in [2.45, 2.75) is 0 Å². The lowest BCUT2D eigenvalue weighted by atomic mass is 10.3. The maximum atomic E-state index is 5.13. The molecule has 1 aromatic carbocycles. The van der Waals surface area contributed by atoms with Crippen molar-refractivity contribution < 1.29 is 4.74 Å². The van der Waals surface area contributed by atoms with Gasteiger partial charge < -0.3 is 10.1 Å². The van der Waals surface area contributed by atoms with Crippen LogP contribution in [0.2, 0.25) is 0 Å². The van der Waals surface area contributed by atoms with E-state index in [2.05, 4.69) is 20.8 Å². The van der Waals surface area contributed by atoms with Crippen LogP contribution in [-0.4, -0.2) is 23.4 Å². The van der Waals surface area contributed by atoms with Crippen LogP contribution < -0.4 is 15.5 Å². The summed E-state index contributed by atoms with van der Waals surface area (Å²) in [6, 6.07) is 11.2. The van der Waals surface area contributed by atoms with Gasteiger partial charge in [0, 0.05) is 23.6 Å². The third-order valence-corrected chi connectivity index (χ3v) is 2.61. The van der Waals surface area contributed by atoms with Crippen molar-refractivity contribution in [3.8, 4) is 5.75 Å². The number of hydrogen-bond acceptors (Lipinski definition) is 4. The largest absolute Gasteiger partial charge is 0.497 e. The molecule has 1 aromatic heterocycles. The molecule has 0 saturated carbocycles. The number of pyridine rings is 1. The summed E-state index contributed by atoms with van der Waals surface area (Å²) in [5.41, 5.74) is 4.50. The van der Waals surface area contributed by atoms with Gasteiger partial charge in [0.1, 0.15) is 5.75 Å². The van der Waals surface area contributed by atoms with Gasteiger partial charge in [0.25, 0.3) is 0 Å². The van der Waals surface area contributed by atoms with Gasteiger partial charge in [0.05, 0.1) is 13.3 Å². The molecule has 0 unspecified atom stereocenters. The van der Waals surface area contributed by atoms with E-state index in [4.69, 9.17) is 17.0 Å². The molecule has 0 spiro atoms. The normalized spacial score (nSPS) is 10.2. The van der Waals surface area contributed by atoms with E-state index in [1.165, 1.54) is 0 Å². The van der Waals surface area contributed by atoms with E-state index < -0.39 is 0 Å². The predicted octanol–water partition coefficient (Wildman–Crippen LogP) is 2.41. The molecule has 0 radical (unpaired) electrons. The Morgan fingerprint density at radius 1 is 1.30 bits per heavy atom. The summed E-state index contributed by atoms with van der Waals surface area (Å²) in [6.07, 6.45) is 5.07. The second-order valence-corrected chi connectivity index (χ2v) is 4.25. The second-order valence-electron chi connectivity index (χ2n) is 3.84. The van der Waals surface area contributed by atoms with Crippen molar-refractivity contribution in [3.63, 3.8) is 0 Å².